The summed E-state index contributed by atoms with van der Waals surface area (Å²) in [6.45, 7) is 0.219. The van der Waals surface area contributed by atoms with E-state index in [2.05, 4.69) is 21.6 Å². The van der Waals surface area contributed by atoms with Crippen molar-refractivity contribution in [3.8, 4) is 17.6 Å². The third-order valence-electron chi connectivity index (χ3n) is 3.27. The van der Waals surface area contributed by atoms with Crippen LogP contribution in [0.4, 0.5) is 5.69 Å². The van der Waals surface area contributed by atoms with Crippen molar-refractivity contribution in [3.05, 3.63) is 47.5 Å². The van der Waals surface area contributed by atoms with Gasteiger partial charge in [0, 0.05) is 6.07 Å². The van der Waals surface area contributed by atoms with Gasteiger partial charge in [0.25, 0.3) is 0 Å². The van der Waals surface area contributed by atoms with Crippen molar-refractivity contribution in [2.45, 2.75) is 0 Å². The Hall–Kier alpha value is -3.11. The molecule has 0 radical (unpaired) electrons. The summed E-state index contributed by atoms with van der Waals surface area (Å²) in [5.41, 5.74) is 4.68. The molecule has 0 aliphatic carbocycles. The number of thiazole rings is 1. The van der Waals surface area contributed by atoms with Crippen LogP contribution in [-0.2, 0) is 0 Å². The van der Waals surface area contributed by atoms with Crippen molar-refractivity contribution < 1.29 is 9.47 Å². The first-order valence-corrected chi connectivity index (χ1v) is 7.64. The normalized spacial score (nSPS) is 13.1. The van der Waals surface area contributed by atoms with Gasteiger partial charge in [-0.15, -0.1) is 11.3 Å². The molecule has 1 aliphatic rings. The summed E-state index contributed by atoms with van der Waals surface area (Å²) >= 11 is 1.44. The summed E-state index contributed by atoms with van der Waals surface area (Å²) < 4.78 is 11.6. The van der Waals surface area contributed by atoms with Gasteiger partial charge in [0.15, 0.2) is 22.2 Å². The summed E-state index contributed by atoms with van der Waals surface area (Å²) in [5.74, 6) is 1.36. The van der Waals surface area contributed by atoms with Crippen LogP contribution in [0.3, 0.4) is 0 Å². The molecule has 1 aliphatic heterocycles. The molecule has 112 valence electrons. The van der Waals surface area contributed by atoms with Crippen molar-refractivity contribution in [1.82, 2.24) is 4.98 Å². The predicted octanol–water partition coefficient (Wildman–Crippen LogP) is 3.36. The van der Waals surface area contributed by atoms with Crippen molar-refractivity contribution in [2.24, 2.45) is 5.10 Å². The van der Waals surface area contributed by atoms with Crippen molar-refractivity contribution >= 4 is 33.0 Å². The molecular weight excluding hydrogens is 312 g/mol. The number of benzene rings is 2. The Morgan fingerprint density at radius 2 is 2.09 bits per heavy atom. The number of aromatic nitrogens is 1. The smallest absolute Gasteiger partial charge is 0.231 e. The summed E-state index contributed by atoms with van der Waals surface area (Å²) in [7, 11) is 0. The maximum atomic E-state index is 9.34. The monoisotopic (exact) mass is 322 g/mol. The predicted molar refractivity (Wildman–Crippen MR) is 88.0 cm³/mol. The van der Waals surface area contributed by atoms with Gasteiger partial charge in [-0.05, 0) is 24.3 Å². The van der Waals surface area contributed by atoms with Crippen LogP contribution >= 0.6 is 11.3 Å². The largest absolute Gasteiger partial charge is 0.454 e. The van der Waals surface area contributed by atoms with Crippen LogP contribution in [0.1, 0.15) is 5.01 Å². The van der Waals surface area contributed by atoms with E-state index in [0.29, 0.717) is 22.2 Å². The van der Waals surface area contributed by atoms with Gasteiger partial charge >= 0.3 is 0 Å². The topological polar surface area (TPSA) is 79.5 Å². The standard InChI is InChI=1S/C16H10N4O2S/c17-8-12(16-18-11-3-1-2-4-15(11)23-16)20-19-10-5-6-13-14(7-10)22-9-21-13/h1-7,19H,9H2. The summed E-state index contributed by atoms with van der Waals surface area (Å²) in [5, 5.41) is 14.1. The van der Waals surface area contributed by atoms with Crippen LogP contribution in [-0.4, -0.2) is 17.5 Å². The van der Waals surface area contributed by atoms with Crippen LogP contribution < -0.4 is 14.9 Å². The number of nitriles is 1. The molecule has 3 aromatic rings. The van der Waals surface area contributed by atoms with Crippen molar-refractivity contribution in [2.75, 3.05) is 12.2 Å². The molecule has 0 spiro atoms. The molecular formula is C16H10N4O2S. The molecule has 7 heteroatoms. The Labute approximate surface area is 135 Å². The minimum absolute atomic E-state index is 0.219. The Kier molecular flexibility index (Phi) is 3.29. The highest BCUT2D eigenvalue weighted by Gasteiger charge is 2.14. The highest BCUT2D eigenvalue weighted by Crippen LogP contribution is 2.34. The zero-order valence-electron chi connectivity index (χ0n) is 11.8. The van der Waals surface area contributed by atoms with Gasteiger partial charge in [-0.25, -0.2) is 4.98 Å². The fourth-order valence-electron chi connectivity index (χ4n) is 2.18. The third-order valence-corrected chi connectivity index (χ3v) is 4.31. The molecule has 0 fully saturated rings. The number of nitrogens with zero attached hydrogens (tertiary/aromatic N) is 3. The van der Waals surface area contributed by atoms with E-state index in [1.54, 1.807) is 12.1 Å². The zero-order valence-corrected chi connectivity index (χ0v) is 12.6. The van der Waals surface area contributed by atoms with Crippen molar-refractivity contribution in [3.63, 3.8) is 0 Å². The van der Waals surface area contributed by atoms with Crippen LogP contribution in [0.5, 0.6) is 11.5 Å². The first-order chi connectivity index (χ1) is 11.3. The second-order valence-corrected chi connectivity index (χ2v) is 5.77. The van der Waals surface area contributed by atoms with E-state index >= 15 is 0 Å². The number of rotatable bonds is 3. The van der Waals surface area contributed by atoms with Gasteiger partial charge in [-0.3, -0.25) is 5.43 Å². The van der Waals surface area contributed by atoms with E-state index in [-0.39, 0.29) is 12.5 Å². The number of nitrogens with one attached hydrogen (secondary N) is 1. The second kappa shape index (κ2) is 5.59. The first-order valence-electron chi connectivity index (χ1n) is 6.83. The van der Waals surface area contributed by atoms with Crippen LogP contribution in [0.15, 0.2) is 47.6 Å². The van der Waals surface area contributed by atoms with E-state index in [0.717, 1.165) is 10.2 Å². The molecule has 0 unspecified atom stereocenters. The lowest BCUT2D eigenvalue weighted by Gasteiger charge is -2.02. The quantitative estimate of drug-likeness (QED) is 0.591. The summed E-state index contributed by atoms with van der Waals surface area (Å²) in [6.07, 6.45) is 0. The number of fused-ring (bicyclic) bond motifs is 2. The first kappa shape index (κ1) is 13.5. The summed E-state index contributed by atoms with van der Waals surface area (Å²) in [4.78, 5) is 4.43. The Bertz CT molecular complexity index is 925. The number of para-hydroxylation sites is 1. The SMILES string of the molecule is N#CC(=NNc1ccc2c(c1)OCO2)c1nc2ccccc2s1. The number of hydrogen-bond acceptors (Lipinski definition) is 7. The molecule has 1 N–H and O–H groups in total. The lowest BCUT2D eigenvalue weighted by Crippen LogP contribution is -2.01. The average molecular weight is 322 g/mol. The van der Waals surface area contributed by atoms with E-state index in [1.165, 1.54) is 11.3 Å². The Morgan fingerprint density at radius 1 is 1.22 bits per heavy atom. The van der Waals surface area contributed by atoms with Gasteiger partial charge in [0.05, 0.1) is 15.9 Å². The molecule has 0 saturated carbocycles. The van der Waals surface area contributed by atoms with Crippen molar-refractivity contribution in [1.29, 1.82) is 5.26 Å². The molecule has 0 amide bonds. The average Bonchev–Trinajstić information content (AvgIpc) is 3.21. The minimum Gasteiger partial charge on any atom is -0.454 e. The highest BCUT2D eigenvalue weighted by molar-refractivity contribution is 7.20. The van der Waals surface area contributed by atoms with E-state index < -0.39 is 0 Å². The molecule has 1 aromatic heterocycles. The van der Waals surface area contributed by atoms with E-state index in [4.69, 9.17) is 9.47 Å². The number of ether oxygens (including phenoxy) is 2. The second-order valence-electron chi connectivity index (χ2n) is 4.74. The van der Waals surface area contributed by atoms with Gasteiger partial charge in [0.2, 0.25) is 6.79 Å². The molecule has 2 heterocycles. The van der Waals surface area contributed by atoms with Crippen LogP contribution in [0.25, 0.3) is 10.2 Å². The van der Waals surface area contributed by atoms with Gasteiger partial charge in [-0.2, -0.15) is 10.4 Å². The molecule has 23 heavy (non-hydrogen) atoms. The minimum atomic E-state index is 0.219. The van der Waals surface area contributed by atoms with Crippen LogP contribution in [0.2, 0.25) is 0 Å². The van der Waals surface area contributed by atoms with Gasteiger partial charge < -0.3 is 9.47 Å². The Morgan fingerprint density at radius 3 is 2.96 bits per heavy atom. The van der Waals surface area contributed by atoms with E-state index in [9.17, 15) is 5.26 Å². The lowest BCUT2D eigenvalue weighted by atomic mass is 10.3. The zero-order chi connectivity index (χ0) is 15.6. The highest BCUT2D eigenvalue weighted by atomic mass is 32.1. The maximum absolute atomic E-state index is 9.34. The molecule has 2 aromatic carbocycles. The fourth-order valence-corrected chi connectivity index (χ4v) is 3.09. The maximum Gasteiger partial charge on any atom is 0.231 e. The Balaban J connectivity index is 1.62. The number of hydrogen-bond donors (Lipinski definition) is 1. The molecule has 6 nitrogen and oxygen atoms in total. The van der Waals surface area contributed by atoms with Gasteiger partial charge in [0.1, 0.15) is 6.07 Å². The lowest BCUT2D eigenvalue weighted by molar-refractivity contribution is 0.174. The van der Waals surface area contributed by atoms with Crippen LogP contribution in [0, 0.1) is 11.3 Å². The molecule has 0 saturated heterocycles. The third kappa shape index (κ3) is 2.56. The van der Waals surface area contributed by atoms with E-state index in [1.807, 2.05) is 30.3 Å². The summed E-state index contributed by atoms with van der Waals surface area (Å²) in [6, 6.07) is 15.2. The molecule has 0 bridgehead atoms. The fraction of sp³-hybridized carbons (Fsp3) is 0.0625. The molecule has 4 rings (SSSR count). The molecule has 0 atom stereocenters. The number of hydrazone groups is 1. The van der Waals surface area contributed by atoms with Gasteiger partial charge in [-0.1, -0.05) is 12.1 Å². The number of anilines is 1.